The highest BCUT2D eigenvalue weighted by Gasteiger charge is 2.19. The summed E-state index contributed by atoms with van der Waals surface area (Å²) in [5.74, 6) is 0.649. The molecule has 1 aliphatic rings. The van der Waals surface area contributed by atoms with Crippen LogP contribution in [0.2, 0.25) is 0 Å². The zero-order valence-corrected chi connectivity index (χ0v) is 13.3. The van der Waals surface area contributed by atoms with E-state index in [0.29, 0.717) is 12.5 Å². The Morgan fingerprint density at radius 3 is 2.45 bits per heavy atom. The highest BCUT2D eigenvalue weighted by atomic mass is 16.5. The third-order valence-corrected chi connectivity index (χ3v) is 2.74. The minimum absolute atomic E-state index is 0.585. The van der Waals surface area contributed by atoms with Crippen molar-refractivity contribution in [2.45, 2.75) is 48.1 Å². The van der Waals surface area contributed by atoms with Crippen molar-refractivity contribution >= 4 is 0 Å². The second-order valence-corrected chi connectivity index (χ2v) is 4.11. The fraction of sp³-hybridized carbons (Fsp3) is 0.412. The number of hydrogen-bond acceptors (Lipinski definition) is 3. The molecule has 0 amide bonds. The predicted molar refractivity (Wildman–Crippen MR) is 84.0 cm³/mol. The van der Waals surface area contributed by atoms with Gasteiger partial charge in [-0.3, -0.25) is 0 Å². The molecule has 0 aliphatic carbocycles. The fourth-order valence-corrected chi connectivity index (χ4v) is 1.96. The van der Waals surface area contributed by atoms with Gasteiger partial charge in [0.05, 0.1) is 5.69 Å². The third-order valence-electron chi connectivity index (χ3n) is 2.74. The van der Waals surface area contributed by atoms with E-state index in [-0.39, 0.29) is 0 Å². The van der Waals surface area contributed by atoms with Gasteiger partial charge in [-0.05, 0) is 19.4 Å². The minimum Gasteiger partial charge on any atom is -0.471 e. The number of ether oxygens (including phenoxy) is 1. The molecule has 2 aromatic rings. The molecule has 1 aromatic heterocycles. The minimum atomic E-state index is 0.585. The lowest BCUT2D eigenvalue weighted by molar-refractivity contribution is 0.287. The van der Waals surface area contributed by atoms with Crippen LogP contribution in [0.25, 0.3) is 11.3 Å². The second kappa shape index (κ2) is 7.63. The van der Waals surface area contributed by atoms with E-state index in [1.807, 2.05) is 34.6 Å². The molecule has 3 rings (SSSR count). The number of fused-ring (bicyclic) bond motifs is 3. The quantitative estimate of drug-likeness (QED) is 0.697. The molecule has 0 atom stereocenters. The van der Waals surface area contributed by atoms with Crippen LogP contribution in [0.15, 0.2) is 24.4 Å². The Labute approximate surface area is 122 Å². The van der Waals surface area contributed by atoms with Crippen LogP contribution in [0, 0.1) is 13.8 Å². The van der Waals surface area contributed by atoms with Crippen molar-refractivity contribution in [3.8, 4) is 17.1 Å². The van der Waals surface area contributed by atoms with Crippen LogP contribution in [0.1, 0.15) is 44.5 Å². The lowest BCUT2D eigenvalue weighted by Crippen LogP contribution is -2.09. The molecular weight excluding hydrogens is 248 g/mol. The molecule has 0 fully saturated rings. The molecule has 1 aliphatic heterocycles. The summed E-state index contributed by atoms with van der Waals surface area (Å²) in [5, 5.41) is 0. The summed E-state index contributed by atoms with van der Waals surface area (Å²) in [6.07, 6.45) is 1.77. The Morgan fingerprint density at radius 2 is 1.75 bits per heavy atom. The smallest absolute Gasteiger partial charge is 0.241 e. The van der Waals surface area contributed by atoms with Gasteiger partial charge in [0.15, 0.2) is 0 Å². The molecule has 3 heteroatoms. The van der Waals surface area contributed by atoms with E-state index in [1.54, 1.807) is 6.20 Å². The lowest BCUT2D eigenvalue weighted by Gasteiger charge is -2.19. The molecule has 0 saturated carbocycles. The summed E-state index contributed by atoms with van der Waals surface area (Å²) >= 11 is 0. The molecule has 0 radical (unpaired) electrons. The van der Waals surface area contributed by atoms with Crippen LogP contribution in [-0.2, 0) is 6.61 Å². The monoisotopic (exact) mass is 272 g/mol. The first-order chi connectivity index (χ1) is 9.74. The van der Waals surface area contributed by atoms with Gasteiger partial charge in [0.1, 0.15) is 12.3 Å². The molecule has 0 saturated heterocycles. The van der Waals surface area contributed by atoms with Crippen LogP contribution in [0.4, 0.5) is 0 Å². The van der Waals surface area contributed by atoms with Crippen molar-refractivity contribution in [3.05, 3.63) is 41.2 Å². The molecule has 108 valence electrons. The second-order valence-electron chi connectivity index (χ2n) is 4.11. The third kappa shape index (κ3) is 3.35. The van der Waals surface area contributed by atoms with E-state index in [9.17, 15) is 0 Å². The Hall–Kier alpha value is -1.90. The molecule has 1 aromatic carbocycles. The summed E-state index contributed by atoms with van der Waals surface area (Å²) in [4.78, 5) is 8.75. The maximum atomic E-state index is 5.61. The Morgan fingerprint density at radius 1 is 1.05 bits per heavy atom. The Kier molecular flexibility index (Phi) is 6.16. The maximum absolute atomic E-state index is 5.61. The van der Waals surface area contributed by atoms with E-state index in [0.717, 1.165) is 17.0 Å². The Balaban J connectivity index is 0.000000461. The maximum Gasteiger partial charge on any atom is 0.241 e. The van der Waals surface area contributed by atoms with E-state index in [4.69, 9.17) is 4.74 Å². The van der Waals surface area contributed by atoms with Crippen LogP contribution in [0.3, 0.4) is 0 Å². The first-order valence-electron chi connectivity index (χ1n) is 7.30. The van der Waals surface area contributed by atoms with Crippen molar-refractivity contribution in [1.29, 1.82) is 0 Å². The predicted octanol–water partition coefficient (Wildman–Crippen LogP) is 4.71. The van der Waals surface area contributed by atoms with Gasteiger partial charge in [-0.1, -0.05) is 51.5 Å². The standard InChI is InChI=1S/C13H12N2O.2C2H6/c1-8-3-4-11-10(5-8)7-16-13-12(11)14-6-9(2)15-13;2*1-2/h3-6H,7H2,1-2H3;2*1-2H3. The van der Waals surface area contributed by atoms with Gasteiger partial charge >= 0.3 is 0 Å². The van der Waals surface area contributed by atoms with Gasteiger partial charge in [0.25, 0.3) is 0 Å². The molecule has 0 unspecified atom stereocenters. The molecule has 0 N–H and O–H groups in total. The molecule has 0 bridgehead atoms. The number of aromatic nitrogens is 2. The van der Waals surface area contributed by atoms with Crippen molar-refractivity contribution in [2.24, 2.45) is 0 Å². The van der Waals surface area contributed by atoms with Crippen molar-refractivity contribution in [3.63, 3.8) is 0 Å². The van der Waals surface area contributed by atoms with E-state index in [1.165, 1.54) is 11.1 Å². The topological polar surface area (TPSA) is 35.0 Å². The van der Waals surface area contributed by atoms with Gasteiger partial charge < -0.3 is 4.74 Å². The molecular formula is C17H24N2O. The van der Waals surface area contributed by atoms with Gasteiger partial charge in [0, 0.05) is 11.8 Å². The fourth-order valence-electron chi connectivity index (χ4n) is 1.96. The number of hydrogen-bond donors (Lipinski definition) is 0. The zero-order chi connectivity index (χ0) is 15.1. The van der Waals surface area contributed by atoms with Gasteiger partial charge in [-0.25, -0.2) is 9.97 Å². The lowest BCUT2D eigenvalue weighted by atomic mass is 10.0. The van der Waals surface area contributed by atoms with E-state index in [2.05, 4.69) is 35.1 Å². The molecule has 20 heavy (non-hydrogen) atoms. The van der Waals surface area contributed by atoms with Crippen LogP contribution < -0.4 is 4.74 Å². The van der Waals surface area contributed by atoms with Gasteiger partial charge in [-0.15, -0.1) is 0 Å². The van der Waals surface area contributed by atoms with Crippen molar-refractivity contribution < 1.29 is 4.74 Å². The first-order valence-corrected chi connectivity index (χ1v) is 7.30. The molecule has 0 spiro atoms. The van der Waals surface area contributed by atoms with Gasteiger partial charge in [0.2, 0.25) is 5.88 Å². The van der Waals surface area contributed by atoms with Gasteiger partial charge in [-0.2, -0.15) is 0 Å². The van der Waals surface area contributed by atoms with E-state index < -0.39 is 0 Å². The van der Waals surface area contributed by atoms with Crippen LogP contribution in [-0.4, -0.2) is 9.97 Å². The summed E-state index contributed by atoms with van der Waals surface area (Å²) in [7, 11) is 0. The summed E-state index contributed by atoms with van der Waals surface area (Å²) < 4.78 is 5.61. The van der Waals surface area contributed by atoms with Crippen molar-refractivity contribution in [1.82, 2.24) is 9.97 Å². The first kappa shape index (κ1) is 16.2. The average Bonchev–Trinajstić information content (AvgIpc) is 2.50. The summed E-state index contributed by atoms with van der Waals surface area (Å²) in [6, 6.07) is 6.32. The highest BCUT2D eigenvalue weighted by molar-refractivity contribution is 5.70. The number of nitrogens with zero attached hydrogens (tertiary/aromatic N) is 2. The molecule has 3 nitrogen and oxygen atoms in total. The normalized spacial score (nSPS) is 10.7. The number of rotatable bonds is 0. The molecule has 2 heterocycles. The largest absolute Gasteiger partial charge is 0.471 e. The van der Waals surface area contributed by atoms with Crippen LogP contribution in [0.5, 0.6) is 5.88 Å². The van der Waals surface area contributed by atoms with Crippen molar-refractivity contribution in [2.75, 3.05) is 0 Å². The average molecular weight is 272 g/mol. The zero-order valence-electron chi connectivity index (χ0n) is 13.3. The summed E-state index contributed by atoms with van der Waals surface area (Å²) in [5.41, 5.74) is 5.30. The summed E-state index contributed by atoms with van der Waals surface area (Å²) in [6.45, 7) is 12.6. The Bertz CT molecular complexity index is 513. The van der Waals surface area contributed by atoms with Crippen LogP contribution >= 0.6 is 0 Å². The highest BCUT2D eigenvalue weighted by Crippen LogP contribution is 2.34. The SMILES string of the molecule is CC.CC.Cc1ccc2c(c1)COc1nc(C)cnc1-2. The number of benzene rings is 1. The number of aryl methyl sites for hydroxylation is 2. The van der Waals surface area contributed by atoms with E-state index >= 15 is 0 Å².